The van der Waals surface area contributed by atoms with Gasteiger partial charge in [0.15, 0.2) is 12.3 Å². The largest absolute Gasteiger partial charge is 0.320 e. The molecule has 0 radical (unpaired) electrons. The molecule has 0 saturated heterocycles. The molecule has 1 saturated carbocycles. The summed E-state index contributed by atoms with van der Waals surface area (Å²) in [4.78, 5) is 12.5. The number of carbonyl (C=O) groups excluding carboxylic acids is 1. The van der Waals surface area contributed by atoms with Gasteiger partial charge in [0.25, 0.3) is 5.91 Å². The normalized spacial score (nSPS) is 21.3. The zero-order valence-electron chi connectivity index (χ0n) is 14.2. The van der Waals surface area contributed by atoms with Crippen LogP contribution in [0.25, 0.3) is 0 Å². The minimum atomic E-state index is 0.0724. The monoisotopic (exact) mass is 311 g/mol. The van der Waals surface area contributed by atoms with Crippen LogP contribution < -0.4 is 5.32 Å². The fourth-order valence-corrected chi connectivity index (χ4v) is 3.90. The molecule has 1 aliphatic carbocycles. The van der Waals surface area contributed by atoms with Gasteiger partial charge >= 0.3 is 0 Å². The molecule has 3 heteroatoms. The number of aryl methyl sites for hydroxylation is 2. The Bertz CT molecular complexity index is 619. The third-order valence-corrected chi connectivity index (χ3v) is 5.17. The fourth-order valence-electron chi connectivity index (χ4n) is 3.90. The predicted molar refractivity (Wildman–Crippen MR) is 95.2 cm³/mol. The highest BCUT2D eigenvalue weighted by Gasteiger charge is 2.33. The summed E-state index contributed by atoms with van der Waals surface area (Å²) < 4.78 is 2.21. The van der Waals surface area contributed by atoms with Crippen LogP contribution in [0.2, 0.25) is 0 Å². The van der Waals surface area contributed by atoms with Crippen LogP contribution in [0.15, 0.2) is 30.4 Å². The van der Waals surface area contributed by atoms with E-state index < -0.39 is 0 Å². The van der Waals surface area contributed by atoms with Crippen molar-refractivity contribution in [3.8, 4) is 0 Å². The Hall–Kier alpha value is -1.90. The van der Waals surface area contributed by atoms with Crippen molar-refractivity contribution in [3.05, 3.63) is 41.5 Å². The Morgan fingerprint density at radius 3 is 2.57 bits per heavy atom. The maximum absolute atomic E-state index is 12.5. The van der Waals surface area contributed by atoms with Crippen molar-refractivity contribution in [1.29, 1.82) is 0 Å². The SMILES string of the molecule is Cc1cccc(C)c1NC(=O)C[N+]1=CC=CC1C1CCCCC1. The molecule has 23 heavy (non-hydrogen) atoms. The van der Waals surface area contributed by atoms with Crippen molar-refractivity contribution < 1.29 is 9.37 Å². The van der Waals surface area contributed by atoms with Crippen molar-refractivity contribution in [1.82, 2.24) is 0 Å². The number of anilines is 1. The first-order valence-electron chi connectivity index (χ1n) is 8.78. The van der Waals surface area contributed by atoms with Crippen LogP contribution in [-0.2, 0) is 4.79 Å². The van der Waals surface area contributed by atoms with Crippen LogP contribution in [0.4, 0.5) is 5.69 Å². The standard InChI is InChI=1S/C20H26N2O/c1-15-8-6-9-16(2)20(15)21-19(23)14-22-13-7-12-18(22)17-10-4-3-5-11-17/h6-9,12-13,17-18H,3-5,10-11,14H2,1-2H3/p+1. The van der Waals surface area contributed by atoms with Gasteiger partial charge in [-0.25, -0.2) is 4.58 Å². The molecule has 1 N–H and O–H groups in total. The van der Waals surface area contributed by atoms with Crippen LogP contribution in [-0.4, -0.2) is 29.3 Å². The lowest BCUT2D eigenvalue weighted by Gasteiger charge is -2.24. The maximum atomic E-state index is 12.5. The Morgan fingerprint density at radius 2 is 1.87 bits per heavy atom. The van der Waals surface area contributed by atoms with Crippen molar-refractivity contribution in [2.75, 3.05) is 11.9 Å². The van der Waals surface area contributed by atoms with E-state index >= 15 is 0 Å². The molecule has 1 aromatic rings. The molecule has 1 amide bonds. The van der Waals surface area contributed by atoms with Gasteiger partial charge in [0.05, 0.1) is 0 Å². The van der Waals surface area contributed by atoms with Gasteiger partial charge in [-0.3, -0.25) is 4.79 Å². The van der Waals surface area contributed by atoms with Crippen LogP contribution in [0, 0.1) is 19.8 Å². The molecule has 0 aromatic heterocycles. The average Bonchev–Trinajstić information content (AvgIpc) is 3.00. The van der Waals surface area contributed by atoms with E-state index in [-0.39, 0.29) is 5.91 Å². The molecule has 1 aromatic carbocycles. The zero-order valence-corrected chi connectivity index (χ0v) is 14.2. The van der Waals surface area contributed by atoms with Gasteiger partial charge in [0.1, 0.15) is 0 Å². The molecule has 1 aliphatic heterocycles. The number of hydrogen-bond acceptors (Lipinski definition) is 1. The lowest BCUT2D eigenvalue weighted by Crippen LogP contribution is -2.36. The molecule has 1 fully saturated rings. The summed E-state index contributed by atoms with van der Waals surface area (Å²) >= 11 is 0. The Balaban J connectivity index is 1.63. The summed E-state index contributed by atoms with van der Waals surface area (Å²) in [7, 11) is 0. The second kappa shape index (κ2) is 7.12. The number of amides is 1. The summed E-state index contributed by atoms with van der Waals surface area (Å²) in [5.41, 5.74) is 3.19. The highest BCUT2D eigenvalue weighted by atomic mass is 16.2. The van der Waals surface area contributed by atoms with Gasteiger partial charge in [-0.15, -0.1) is 0 Å². The van der Waals surface area contributed by atoms with Gasteiger partial charge < -0.3 is 5.32 Å². The van der Waals surface area contributed by atoms with Gasteiger partial charge in [-0.1, -0.05) is 37.5 Å². The molecule has 3 nitrogen and oxygen atoms in total. The highest BCUT2D eigenvalue weighted by Crippen LogP contribution is 2.29. The summed E-state index contributed by atoms with van der Waals surface area (Å²) in [6, 6.07) is 6.50. The topological polar surface area (TPSA) is 32.1 Å². The second-order valence-electron chi connectivity index (χ2n) is 6.91. The molecular weight excluding hydrogens is 284 g/mol. The summed E-state index contributed by atoms with van der Waals surface area (Å²) in [5.74, 6) is 0.773. The van der Waals surface area contributed by atoms with Crippen molar-refractivity contribution >= 4 is 17.8 Å². The maximum Gasteiger partial charge on any atom is 0.289 e. The van der Waals surface area contributed by atoms with Gasteiger partial charge in [0, 0.05) is 17.7 Å². The van der Waals surface area contributed by atoms with Crippen LogP contribution in [0.1, 0.15) is 43.2 Å². The molecule has 0 spiro atoms. The van der Waals surface area contributed by atoms with E-state index in [1.165, 1.54) is 32.1 Å². The lowest BCUT2D eigenvalue weighted by molar-refractivity contribution is -0.544. The van der Waals surface area contributed by atoms with Crippen LogP contribution in [0.3, 0.4) is 0 Å². The third-order valence-electron chi connectivity index (χ3n) is 5.17. The van der Waals surface area contributed by atoms with Crippen molar-refractivity contribution in [2.45, 2.75) is 52.0 Å². The number of allylic oxidation sites excluding steroid dienone is 1. The van der Waals surface area contributed by atoms with E-state index in [0.29, 0.717) is 18.5 Å². The van der Waals surface area contributed by atoms with E-state index in [4.69, 9.17) is 0 Å². The molecule has 1 atom stereocenters. The number of nitrogens with one attached hydrogen (secondary N) is 1. The zero-order chi connectivity index (χ0) is 16.2. The first-order chi connectivity index (χ1) is 11.1. The number of hydrogen-bond donors (Lipinski definition) is 1. The van der Waals surface area contributed by atoms with E-state index in [9.17, 15) is 4.79 Å². The van der Waals surface area contributed by atoms with Crippen molar-refractivity contribution in [3.63, 3.8) is 0 Å². The predicted octanol–water partition coefficient (Wildman–Crippen LogP) is 3.84. The highest BCUT2D eigenvalue weighted by molar-refractivity contribution is 5.93. The summed E-state index contributed by atoms with van der Waals surface area (Å²) in [6.07, 6.45) is 13.0. The number of benzene rings is 1. The molecule has 3 rings (SSSR count). The van der Waals surface area contributed by atoms with Crippen molar-refractivity contribution in [2.24, 2.45) is 5.92 Å². The Morgan fingerprint density at radius 1 is 1.17 bits per heavy atom. The molecule has 1 heterocycles. The molecular formula is C20H27N2O+. The minimum Gasteiger partial charge on any atom is -0.320 e. The first-order valence-corrected chi connectivity index (χ1v) is 8.78. The molecule has 2 aliphatic rings. The average molecular weight is 311 g/mol. The quantitative estimate of drug-likeness (QED) is 0.842. The smallest absolute Gasteiger partial charge is 0.289 e. The number of nitrogens with zero attached hydrogens (tertiary/aromatic N) is 1. The number of rotatable bonds is 4. The van der Waals surface area contributed by atoms with E-state index in [2.05, 4.69) is 28.3 Å². The molecule has 1 unspecified atom stereocenters. The Kier molecular flexibility index (Phi) is 4.94. The lowest BCUT2D eigenvalue weighted by atomic mass is 9.84. The van der Waals surface area contributed by atoms with Crippen LogP contribution >= 0.6 is 0 Å². The molecule has 122 valence electrons. The number of carbonyl (C=O) groups is 1. The van der Waals surface area contributed by atoms with Gasteiger partial charge in [0.2, 0.25) is 6.54 Å². The van der Waals surface area contributed by atoms with Crippen LogP contribution in [0.5, 0.6) is 0 Å². The summed E-state index contributed by atoms with van der Waals surface area (Å²) in [5, 5.41) is 3.10. The van der Waals surface area contributed by atoms with Gasteiger partial charge in [-0.05, 0) is 43.9 Å². The first kappa shape index (κ1) is 16.0. The van der Waals surface area contributed by atoms with E-state index in [0.717, 1.165) is 16.8 Å². The fraction of sp³-hybridized carbons (Fsp3) is 0.500. The summed E-state index contributed by atoms with van der Waals surface area (Å²) in [6.45, 7) is 4.51. The second-order valence-corrected chi connectivity index (χ2v) is 6.91. The number of para-hydroxylation sites is 1. The molecule has 0 bridgehead atoms. The minimum absolute atomic E-state index is 0.0724. The third kappa shape index (κ3) is 3.72. The Labute approximate surface area is 139 Å². The van der Waals surface area contributed by atoms with E-state index in [1.807, 2.05) is 32.0 Å². The van der Waals surface area contributed by atoms with E-state index in [1.54, 1.807) is 0 Å². The van der Waals surface area contributed by atoms with Gasteiger partial charge in [-0.2, -0.15) is 0 Å².